The Morgan fingerprint density at radius 2 is 1.32 bits per heavy atom. The van der Waals surface area contributed by atoms with Gasteiger partial charge in [-0.2, -0.15) is 15.0 Å². The molecular formula is C28H40N8O4. The highest BCUT2D eigenvalue weighted by Gasteiger charge is 2.08. The highest BCUT2D eigenvalue weighted by atomic mass is 16.5. The third-order valence-electron chi connectivity index (χ3n) is 5.66. The van der Waals surface area contributed by atoms with Gasteiger partial charge in [-0.25, -0.2) is 0 Å². The highest BCUT2D eigenvalue weighted by Crippen LogP contribution is 2.13. The fourth-order valence-electron chi connectivity index (χ4n) is 3.48. The van der Waals surface area contributed by atoms with E-state index >= 15 is 0 Å². The number of carbonyl (C=O) groups is 1. The van der Waals surface area contributed by atoms with Crippen LogP contribution in [0, 0.1) is 6.92 Å². The number of benzene rings is 2. The lowest BCUT2D eigenvalue weighted by Crippen LogP contribution is -2.27. The first-order chi connectivity index (χ1) is 19.6. The van der Waals surface area contributed by atoms with Crippen LogP contribution in [0.25, 0.3) is 0 Å². The number of aryl methyl sites for hydroxylation is 1. The lowest BCUT2D eigenvalue weighted by Gasteiger charge is -2.12. The number of carbonyl (C=O) groups excluding carboxylic acids is 1. The van der Waals surface area contributed by atoms with E-state index in [1.165, 1.54) is 5.56 Å². The van der Waals surface area contributed by atoms with Crippen molar-refractivity contribution in [2.24, 2.45) is 5.73 Å². The normalized spacial score (nSPS) is 10.8. The van der Waals surface area contributed by atoms with Crippen LogP contribution in [-0.4, -0.2) is 78.6 Å². The maximum absolute atomic E-state index is 12.4. The molecule has 0 saturated carbocycles. The minimum Gasteiger partial charge on any atom is -0.396 e. The van der Waals surface area contributed by atoms with Gasteiger partial charge in [0.05, 0.1) is 26.4 Å². The first-order valence-electron chi connectivity index (χ1n) is 13.4. The Kier molecular flexibility index (Phi) is 13.6. The van der Waals surface area contributed by atoms with Crippen molar-refractivity contribution >= 4 is 23.8 Å². The molecular weight excluding hydrogens is 512 g/mol. The Bertz CT molecular complexity index is 1150. The van der Waals surface area contributed by atoms with E-state index < -0.39 is 0 Å². The summed E-state index contributed by atoms with van der Waals surface area (Å²) >= 11 is 0. The molecule has 40 heavy (non-hydrogen) atoms. The first-order valence-corrected chi connectivity index (χ1v) is 13.4. The topological polar surface area (TPSA) is 169 Å². The van der Waals surface area contributed by atoms with Crippen molar-refractivity contribution in [2.45, 2.75) is 26.4 Å². The second-order valence-corrected chi connectivity index (χ2v) is 8.97. The highest BCUT2D eigenvalue weighted by molar-refractivity contribution is 5.94. The van der Waals surface area contributed by atoms with Crippen molar-refractivity contribution in [3.63, 3.8) is 0 Å². The third kappa shape index (κ3) is 11.5. The van der Waals surface area contributed by atoms with Gasteiger partial charge in [0.15, 0.2) is 0 Å². The first kappa shape index (κ1) is 30.7. The molecule has 0 atom stereocenters. The van der Waals surface area contributed by atoms with Gasteiger partial charge in [0.25, 0.3) is 5.91 Å². The Hall–Kier alpha value is -3.84. The molecule has 216 valence electrons. The number of amides is 1. The molecule has 0 aliphatic rings. The molecule has 0 spiro atoms. The van der Waals surface area contributed by atoms with Crippen LogP contribution in [0.4, 0.5) is 17.8 Å². The quantitative estimate of drug-likeness (QED) is 0.120. The number of aromatic nitrogens is 3. The Morgan fingerprint density at radius 1 is 0.775 bits per heavy atom. The minimum atomic E-state index is -0.164. The summed E-state index contributed by atoms with van der Waals surface area (Å²) in [4.78, 5) is 25.8. The number of hydrogen-bond acceptors (Lipinski definition) is 11. The molecule has 0 radical (unpaired) electrons. The third-order valence-corrected chi connectivity index (χ3v) is 5.66. The molecule has 0 aliphatic carbocycles. The SMILES string of the molecule is Cc1ccc(CNc2nc(NCCCO)nc(NCc3ccc(C(=O)NCCOCCOCCN)cc3)n2)cc1. The summed E-state index contributed by atoms with van der Waals surface area (Å²) in [7, 11) is 0. The van der Waals surface area contributed by atoms with Crippen molar-refractivity contribution in [1.82, 2.24) is 20.3 Å². The molecule has 0 bridgehead atoms. The average molecular weight is 553 g/mol. The second-order valence-electron chi connectivity index (χ2n) is 8.97. The predicted octanol–water partition coefficient (Wildman–Crippen LogP) is 1.92. The standard InChI is InChI=1S/C28H40N8O4/c1-21-3-5-22(6-4-21)19-32-27-34-26(31-12-2-14-37)35-28(36-27)33-20-23-7-9-24(10-8-23)25(38)30-13-16-40-18-17-39-15-11-29/h3-10,37H,2,11-20,29H2,1H3,(H,30,38)(H3,31,32,33,34,35,36). The molecule has 12 heteroatoms. The van der Waals surface area contributed by atoms with E-state index in [0.717, 1.165) is 11.1 Å². The predicted molar refractivity (Wildman–Crippen MR) is 155 cm³/mol. The van der Waals surface area contributed by atoms with Crippen LogP contribution >= 0.6 is 0 Å². The van der Waals surface area contributed by atoms with E-state index in [4.69, 9.17) is 20.3 Å². The molecule has 12 nitrogen and oxygen atoms in total. The zero-order valence-electron chi connectivity index (χ0n) is 23.0. The number of anilines is 3. The number of rotatable bonds is 19. The maximum Gasteiger partial charge on any atom is 0.251 e. The van der Waals surface area contributed by atoms with Crippen LogP contribution in [0.15, 0.2) is 48.5 Å². The Labute approximate surface area is 235 Å². The molecule has 3 rings (SSSR count). The van der Waals surface area contributed by atoms with Crippen LogP contribution < -0.4 is 27.0 Å². The molecule has 0 unspecified atom stereocenters. The number of nitrogens with one attached hydrogen (secondary N) is 4. The second kappa shape index (κ2) is 17.7. The number of hydrogen-bond donors (Lipinski definition) is 6. The van der Waals surface area contributed by atoms with Crippen molar-refractivity contribution in [3.05, 3.63) is 70.8 Å². The van der Waals surface area contributed by atoms with Crippen LogP contribution in [0.5, 0.6) is 0 Å². The van der Waals surface area contributed by atoms with Crippen molar-refractivity contribution in [1.29, 1.82) is 0 Å². The van der Waals surface area contributed by atoms with Gasteiger partial charge in [0, 0.05) is 44.9 Å². The fourth-order valence-corrected chi connectivity index (χ4v) is 3.48. The molecule has 0 aliphatic heterocycles. The number of aliphatic hydroxyl groups excluding tert-OH is 1. The van der Waals surface area contributed by atoms with E-state index in [1.54, 1.807) is 12.1 Å². The lowest BCUT2D eigenvalue weighted by atomic mass is 10.1. The van der Waals surface area contributed by atoms with E-state index in [0.29, 0.717) is 89.0 Å². The molecule has 7 N–H and O–H groups in total. The van der Waals surface area contributed by atoms with Crippen LogP contribution in [0.3, 0.4) is 0 Å². The summed E-state index contributed by atoms with van der Waals surface area (Å²) in [5, 5.41) is 21.5. The molecule has 1 heterocycles. The lowest BCUT2D eigenvalue weighted by molar-refractivity contribution is 0.0511. The van der Waals surface area contributed by atoms with Gasteiger partial charge in [-0.05, 0) is 36.6 Å². The van der Waals surface area contributed by atoms with Crippen molar-refractivity contribution in [3.8, 4) is 0 Å². The summed E-state index contributed by atoms with van der Waals surface area (Å²) in [5.74, 6) is 1.09. The summed E-state index contributed by atoms with van der Waals surface area (Å²) in [6.07, 6.45) is 0.581. The molecule has 1 amide bonds. The van der Waals surface area contributed by atoms with E-state index in [1.807, 2.05) is 12.1 Å². The van der Waals surface area contributed by atoms with E-state index in [9.17, 15) is 4.79 Å². The summed E-state index contributed by atoms with van der Waals surface area (Å²) < 4.78 is 10.7. The van der Waals surface area contributed by atoms with Gasteiger partial charge in [-0.15, -0.1) is 0 Å². The molecule has 0 fully saturated rings. The van der Waals surface area contributed by atoms with Crippen molar-refractivity contribution in [2.75, 3.05) is 68.6 Å². The zero-order chi connectivity index (χ0) is 28.4. The fraction of sp³-hybridized carbons (Fsp3) is 0.429. The molecule has 0 saturated heterocycles. The van der Waals surface area contributed by atoms with E-state index in [2.05, 4.69) is 67.4 Å². The van der Waals surface area contributed by atoms with Crippen LogP contribution in [0.1, 0.15) is 33.5 Å². The number of ether oxygens (including phenoxy) is 2. The van der Waals surface area contributed by atoms with Gasteiger partial charge < -0.3 is 41.6 Å². The van der Waals surface area contributed by atoms with E-state index in [-0.39, 0.29) is 12.5 Å². The number of nitrogens with two attached hydrogens (primary N) is 1. The summed E-state index contributed by atoms with van der Waals surface area (Å²) in [6, 6.07) is 15.5. The van der Waals surface area contributed by atoms with Gasteiger partial charge in [0.2, 0.25) is 17.8 Å². The van der Waals surface area contributed by atoms with Crippen LogP contribution in [-0.2, 0) is 22.6 Å². The maximum atomic E-state index is 12.4. The van der Waals surface area contributed by atoms with Gasteiger partial charge in [-0.1, -0.05) is 42.0 Å². The largest absolute Gasteiger partial charge is 0.396 e. The van der Waals surface area contributed by atoms with Gasteiger partial charge in [-0.3, -0.25) is 4.79 Å². The van der Waals surface area contributed by atoms with Crippen LogP contribution in [0.2, 0.25) is 0 Å². The smallest absolute Gasteiger partial charge is 0.251 e. The van der Waals surface area contributed by atoms with Crippen molar-refractivity contribution < 1.29 is 19.4 Å². The molecule has 1 aromatic heterocycles. The van der Waals surface area contributed by atoms with Gasteiger partial charge in [0.1, 0.15) is 0 Å². The number of nitrogens with zero attached hydrogens (tertiary/aromatic N) is 3. The summed E-state index contributed by atoms with van der Waals surface area (Å²) in [6.45, 7) is 6.45. The zero-order valence-corrected chi connectivity index (χ0v) is 23.0. The molecule has 2 aromatic carbocycles. The Balaban J connectivity index is 1.50. The number of aliphatic hydroxyl groups is 1. The van der Waals surface area contributed by atoms with Gasteiger partial charge >= 0.3 is 0 Å². The monoisotopic (exact) mass is 552 g/mol. The average Bonchev–Trinajstić information content (AvgIpc) is 2.97. The minimum absolute atomic E-state index is 0.0779. The molecule has 3 aromatic rings. The summed E-state index contributed by atoms with van der Waals surface area (Å²) in [5.41, 5.74) is 9.19. The Morgan fingerprint density at radius 3 is 1.90 bits per heavy atom.